The van der Waals surface area contributed by atoms with Crippen LogP contribution in [-0.4, -0.2) is 45.8 Å². The standard InChI is InChI=1S/C26H31N5O2/c1-26(2,3)33-25(32)30-14-12-19(13-15-30)17-28-24-29-22-10-6-7-11-23(22)31(24)18-21-9-5-4-8-20(21)16-27/h4-11,19H,12-15,17-18H2,1-3H3,(H,28,29). The van der Waals surface area contributed by atoms with Crippen molar-refractivity contribution in [3.05, 3.63) is 59.7 Å². The number of fused-ring (bicyclic) bond motifs is 1. The molecule has 7 nitrogen and oxygen atoms in total. The molecule has 1 aliphatic heterocycles. The maximum atomic E-state index is 12.3. The number of likely N-dealkylation sites (tertiary alicyclic amines) is 1. The summed E-state index contributed by atoms with van der Waals surface area (Å²) >= 11 is 0. The fourth-order valence-electron chi connectivity index (χ4n) is 4.19. The molecule has 0 aliphatic carbocycles. The number of hydrogen-bond acceptors (Lipinski definition) is 5. The molecule has 1 saturated heterocycles. The second-order valence-electron chi connectivity index (χ2n) is 9.57. The number of benzene rings is 2. The Morgan fingerprint density at radius 3 is 2.58 bits per heavy atom. The molecule has 0 spiro atoms. The molecular weight excluding hydrogens is 414 g/mol. The molecule has 0 atom stereocenters. The van der Waals surface area contributed by atoms with E-state index in [1.54, 1.807) is 4.90 Å². The average molecular weight is 446 g/mol. The highest BCUT2D eigenvalue weighted by molar-refractivity contribution is 5.78. The lowest BCUT2D eigenvalue weighted by molar-refractivity contribution is 0.0188. The molecular formula is C26H31N5O2. The number of imidazole rings is 1. The first-order valence-electron chi connectivity index (χ1n) is 11.5. The molecule has 33 heavy (non-hydrogen) atoms. The molecule has 1 aliphatic rings. The van der Waals surface area contributed by atoms with Crippen LogP contribution in [0.1, 0.15) is 44.7 Å². The zero-order chi connectivity index (χ0) is 23.4. The molecule has 1 aromatic heterocycles. The minimum atomic E-state index is -0.473. The predicted molar refractivity (Wildman–Crippen MR) is 129 cm³/mol. The smallest absolute Gasteiger partial charge is 0.410 e. The SMILES string of the molecule is CC(C)(C)OC(=O)N1CCC(CNc2nc3ccccc3n2Cc2ccccc2C#N)CC1. The second kappa shape index (κ2) is 9.53. The molecule has 0 unspecified atom stereocenters. The van der Waals surface area contributed by atoms with E-state index in [1.807, 2.05) is 63.2 Å². The van der Waals surface area contributed by atoms with Gasteiger partial charge < -0.3 is 19.5 Å². The zero-order valence-corrected chi connectivity index (χ0v) is 19.5. The fourth-order valence-corrected chi connectivity index (χ4v) is 4.19. The van der Waals surface area contributed by atoms with Gasteiger partial charge in [0.2, 0.25) is 5.95 Å². The van der Waals surface area contributed by atoms with Crippen molar-refractivity contribution in [2.24, 2.45) is 5.92 Å². The summed E-state index contributed by atoms with van der Waals surface area (Å²) in [7, 11) is 0. The fraction of sp³-hybridized carbons (Fsp3) is 0.423. The average Bonchev–Trinajstić information content (AvgIpc) is 3.14. The van der Waals surface area contributed by atoms with Crippen LogP contribution in [0.25, 0.3) is 11.0 Å². The molecule has 0 saturated carbocycles. The van der Waals surface area contributed by atoms with Gasteiger partial charge in [0, 0.05) is 19.6 Å². The Hall–Kier alpha value is -3.53. The highest BCUT2D eigenvalue weighted by Gasteiger charge is 2.27. The van der Waals surface area contributed by atoms with Crippen molar-refractivity contribution in [3.8, 4) is 6.07 Å². The molecule has 2 aromatic carbocycles. The highest BCUT2D eigenvalue weighted by atomic mass is 16.6. The first kappa shape index (κ1) is 22.7. The number of para-hydroxylation sites is 2. The summed E-state index contributed by atoms with van der Waals surface area (Å²) in [6.07, 6.45) is 1.61. The van der Waals surface area contributed by atoms with E-state index < -0.39 is 5.60 Å². The third-order valence-corrected chi connectivity index (χ3v) is 5.94. The maximum Gasteiger partial charge on any atom is 0.410 e. The Morgan fingerprint density at radius 1 is 1.15 bits per heavy atom. The number of amides is 1. The Morgan fingerprint density at radius 2 is 1.85 bits per heavy atom. The zero-order valence-electron chi connectivity index (χ0n) is 19.5. The Kier molecular flexibility index (Phi) is 6.55. The van der Waals surface area contributed by atoms with Gasteiger partial charge in [0.05, 0.1) is 29.2 Å². The molecule has 7 heteroatoms. The first-order chi connectivity index (χ1) is 15.8. The lowest BCUT2D eigenvalue weighted by Gasteiger charge is -2.33. The van der Waals surface area contributed by atoms with Gasteiger partial charge in [-0.25, -0.2) is 9.78 Å². The summed E-state index contributed by atoms with van der Waals surface area (Å²) in [6, 6.07) is 18.0. The molecule has 0 bridgehead atoms. The number of nitriles is 1. The predicted octanol–water partition coefficient (Wildman–Crippen LogP) is 5.02. The number of hydrogen-bond donors (Lipinski definition) is 1. The third kappa shape index (κ3) is 5.46. The van der Waals surface area contributed by atoms with Gasteiger partial charge in [-0.15, -0.1) is 0 Å². The van der Waals surface area contributed by atoms with Crippen LogP contribution in [0.3, 0.4) is 0 Å². The van der Waals surface area contributed by atoms with Crippen molar-refractivity contribution in [1.29, 1.82) is 5.26 Å². The van der Waals surface area contributed by atoms with Gasteiger partial charge in [0.25, 0.3) is 0 Å². The quantitative estimate of drug-likeness (QED) is 0.596. The number of carbonyl (C=O) groups excluding carboxylic acids is 1. The summed E-state index contributed by atoms with van der Waals surface area (Å²) < 4.78 is 7.64. The van der Waals surface area contributed by atoms with Crippen LogP contribution in [0.5, 0.6) is 0 Å². The normalized spacial score (nSPS) is 14.8. The van der Waals surface area contributed by atoms with Crippen LogP contribution in [0.2, 0.25) is 0 Å². The molecule has 2 heterocycles. The van der Waals surface area contributed by atoms with Crippen molar-refractivity contribution in [3.63, 3.8) is 0 Å². The molecule has 0 radical (unpaired) electrons. The van der Waals surface area contributed by atoms with Gasteiger partial charge in [0.1, 0.15) is 5.60 Å². The minimum absolute atomic E-state index is 0.230. The number of nitrogens with zero attached hydrogens (tertiary/aromatic N) is 4. The van der Waals surface area contributed by atoms with Crippen LogP contribution >= 0.6 is 0 Å². The first-order valence-corrected chi connectivity index (χ1v) is 11.5. The summed E-state index contributed by atoms with van der Waals surface area (Å²) in [6.45, 7) is 8.43. The molecule has 1 fully saturated rings. The van der Waals surface area contributed by atoms with Crippen LogP contribution < -0.4 is 5.32 Å². The lowest BCUT2D eigenvalue weighted by Crippen LogP contribution is -2.42. The van der Waals surface area contributed by atoms with Gasteiger partial charge in [-0.2, -0.15) is 5.26 Å². The Bertz CT molecular complexity index is 1160. The molecule has 1 amide bonds. The van der Waals surface area contributed by atoms with E-state index in [0.29, 0.717) is 31.1 Å². The van der Waals surface area contributed by atoms with E-state index in [-0.39, 0.29) is 6.09 Å². The van der Waals surface area contributed by atoms with E-state index >= 15 is 0 Å². The van der Waals surface area contributed by atoms with Crippen molar-refractivity contribution in [1.82, 2.24) is 14.5 Å². The largest absolute Gasteiger partial charge is 0.444 e. The second-order valence-corrected chi connectivity index (χ2v) is 9.57. The van der Waals surface area contributed by atoms with Crippen LogP contribution in [-0.2, 0) is 11.3 Å². The van der Waals surface area contributed by atoms with E-state index in [4.69, 9.17) is 9.72 Å². The van der Waals surface area contributed by atoms with Crippen molar-refractivity contribution in [2.75, 3.05) is 25.0 Å². The minimum Gasteiger partial charge on any atom is -0.444 e. The Labute approximate surface area is 195 Å². The summed E-state index contributed by atoms with van der Waals surface area (Å²) in [4.78, 5) is 18.9. The summed E-state index contributed by atoms with van der Waals surface area (Å²) in [5.74, 6) is 1.25. The number of rotatable bonds is 5. The van der Waals surface area contributed by atoms with Crippen LogP contribution in [0.15, 0.2) is 48.5 Å². The van der Waals surface area contributed by atoms with Crippen LogP contribution in [0, 0.1) is 17.2 Å². The number of aromatic nitrogens is 2. The van der Waals surface area contributed by atoms with Crippen LogP contribution in [0.4, 0.5) is 10.7 Å². The van der Waals surface area contributed by atoms with Gasteiger partial charge in [-0.1, -0.05) is 30.3 Å². The van der Waals surface area contributed by atoms with Gasteiger partial charge in [-0.05, 0) is 63.3 Å². The molecule has 3 aromatic rings. The van der Waals surface area contributed by atoms with Crippen molar-refractivity contribution >= 4 is 23.1 Å². The van der Waals surface area contributed by atoms with E-state index in [1.165, 1.54) is 0 Å². The number of carbonyl (C=O) groups is 1. The van der Waals surface area contributed by atoms with E-state index in [0.717, 1.165) is 41.9 Å². The third-order valence-electron chi connectivity index (χ3n) is 5.94. The summed E-state index contributed by atoms with van der Waals surface area (Å²) in [5.41, 5.74) is 3.13. The number of nitrogens with one attached hydrogen (secondary N) is 1. The monoisotopic (exact) mass is 445 g/mol. The number of anilines is 1. The molecule has 172 valence electrons. The van der Waals surface area contributed by atoms with Gasteiger partial charge in [0.15, 0.2) is 0 Å². The Balaban J connectivity index is 1.44. The molecule has 4 rings (SSSR count). The van der Waals surface area contributed by atoms with Crippen molar-refractivity contribution in [2.45, 2.75) is 45.8 Å². The highest BCUT2D eigenvalue weighted by Crippen LogP contribution is 2.24. The number of piperidine rings is 1. The van der Waals surface area contributed by atoms with Gasteiger partial charge >= 0.3 is 6.09 Å². The van der Waals surface area contributed by atoms with E-state index in [2.05, 4.69) is 22.0 Å². The lowest BCUT2D eigenvalue weighted by atomic mass is 9.97. The molecule has 1 N–H and O–H groups in total. The maximum absolute atomic E-state index is 12.3. The van der Waals surface area contributed by atoms with Gasteiger partial charge in [-0.3, -0.25) is 0 Å². The van der Waals surface area contributed by atoms with E-state index in [9.17, 15) is 10.1 Å². The van der Waals surface area contributed by atoms with Crippen molar-refractivity contribution < 1.29 is 9.53 Å². The summed E-state index contributed by atoms with van der Waals surface area (Å²) in [5, 5.41) is 13.0. The topological polar surface area (TPSA) is 83.2 Å². The number of ether oxygens (including phenoxy) is 1.